The van der Waals surface area contributed by atoms with Crippen molar-refractivity contribution in [1.82, 2.24) is 15.6 Å². The first-order valence-corrected chi connectivity index (χ1v) is 12.4. The zero-order chi connectivity index (χ0) is 25.2. The van der Waals surface area contributed by atoms with Crippen LogP contribution in [0.4, 0.5) is 16.2 Å². The Morgan fingerprint density at radius 3 is 2.53 bits per heavy atom. The average Bonchev–Trinajstić information content (AvgIpc) is 3.29. The smallest absolute Gasteiger partial charge is 0.410 e. The predicted octanol–water partition coefficient (Wildman–Crippen LogP) is 6.16. The number of anilines is 2. The van der Waals surface area contributed by atoms with Gasteiger partial charge in [-0.3, -0.25) is 4.79 Å². The van der Waals surface area contributed by atoms with Gasteiger partial charge in [0.25, 0.3) is 5.91 Å². The van der Waals surface area contributed by atoms with Gasteiger partial charge in [0.2, 0.25) is 0 Å². The highest BCUT2D eigenvalue weighted by Crippen LogP contribution is 2.25. The van der Waals surface area contributed by atoms with Crippen molar-refractivity contribution in [2.45, 2.75) is 32.6 Å². The Bertz CT molecular complexity index is 1300. The maximum Gasteiger partial charge on any atom is 0.412 e. The van der Waals surface area contributed by atoms with Gasteiger partial charge in [0.15, 0.2) is 0 Å². The number of carbonyl (C=O) groups excluding carboxylic acids is 2. The Labute approximate surface area is 211 Å². The van der Waals surface area contributed by atoms with E-state index in [4.69, 9.17) is 4.74 Å². The molecule has 4 N–H and O–H groups in total. The Morgan fingerprint density at radius 1 is 0.889 bits per heavy atom. The third-order valence-corrected chi connectivity index (χ3v) is 5.90. The summed E-state index contributed by atoms with van der Waals surface area (Å²) in [5.74, 6) is 0.346. The van der Waals surface area contributed by atoms with Gasteiger partial charge in [-0.1, -0.05) is 50.1 Å². The van der Waals surface area contributed by atoms with Crippen LogP contribution in [-0.4, -0.2) is 30.1 Å². The standard InChI is InChI=1S/C29H32N4O3/c1-2-3-9-17-31-29(35)36-23-14-15-26-25(19-23)21(20-32-26)16-18-30-28(34)24-12-7-8-13-27(24)33-22-10-5-4-6-11-22/h4-8,10-15,19-20,32-33H,2-3,9,16-18H2,1H3,(H,30,34)(H,31,35). The van der Waals surface area contributed by atoms with E-state index in [0.717, 1.165) is 47.1 Å². The molecule has 4 rings (SSSR count). The molecule has 0 aliphatic carbocycles. The molecule has 0 aliphatic rings. The van der Waals surface area contributed by atoms with Crippen LogP contribution < -0.4 is 20.7 Å². The molecule has 0 fully saturated rings. The fourth-order valence-electron chi connectivity index (χ4n) is 4.01. The molecule has 36 heavy (non-hydrogen) atoms. The number of aromatic amines is 1. The van der Waals surface area contributed by atoms with E-state index < -0.39 is 6.09 Å². The van der Waals surface area contributed by atoms with E-state index in [9.17, 15) is 9.59 Å². The number of fused-ring (bicyclic) bond motifs is 1. The molecule has 7 nitrogen and oxygen atoms in total. The predicted molar refractivity (Wildman–Crippen MR) is 144 cm³/mol. The fraction of sp³-hybridized carbons (Fsp3) is 0.241. The largest absolute Gasteiger partial charge is 0.412 e. The molecule has 1 aromatic heterocycles. The van der Waals surface area contributed by atoms with Crippen molar-refractivity contribution in [3.05, 3.63) is 90.1 Å². The van der Waals surface area contributed by atoms with E-state index in [2.05, 4.69) is 27.9 Å². The highest BCUT2D eigenvalue weighted by atomic mass is 16.6. The number of benzene rings is 3. The molecule has 0 radical (unpaired) electrons. The van der Waals surface area contributed by atoms with E-state index in [0.29, 0.717) is 30.8 Å². The van der Waals surface area contributed by atoms with Crippen LogP contribution in [0.5, 0.6) is 5.75 Å². The lowest BCUT2D eigenvalue weighted by atomic mass is 10.1. The highest BCUT2D eigenvalue weighted by Gasteiger charge is 2.12. The number of amides is 2. The Morgan fingerprint density at radius 2 is 1.69 bits per heavy atom. The molecular formula is C29H32N4O3. The van der Waals surface area contributed by atoms with Crippen LogP contribution >= 0.6 is 0 Å². The van der Waals surface area contributed by atoms with Crippen molar-refractivity contribution in [2.75, 3.05) is 18.4 Å². The number of aromatic nitrogens is 1. The molecule has 4 aromatic rings. The summed E-state index contributed by atoms with van der Waals surface area (Å²) >= 11 is 0. The molecule has 0 saturated heterocycles. The van der Waals surface area contributed by atoms with Gasteiger partial charge in [0.05, 0.1) is 11.3 Å². The molecule has 3 aromatic carbocycles. The molecule has 0 atom stereocenters. The van der Waals surface area contributed by atoms with Gasteiger partial charge in [-0.15, -0.1) is 0 Å². The number of H-pyrrole nitrogens is 1. The lowest BCUT2D eigenvalue weighted by Gasteiger charge is -2.12. The van der Waals surface area contributed by atoms with Crippen LogP contribution in [0.25, 0.3) is 10.9 Å². The quantitative estimate of drug-likeness (QED) is 0.192. The van der Waals surface area contributed by atoms with E-state index in [-0.39, 0.29) is 5.91 Å². The number of hydrogen-bond acceptors (Lipinski definition) is 4. The first-order chi connectivity index (χ1) is 17.6. The zero-order valence-corrected chi connectivity index (χ0v) is 20.5. The van der Waals surface area contributed by atoms with Gasteiger partial charge in [0.1, 0.15) is 5.75 Å². The zero-order valence-electron chi connectivity index (χ0n) is 20.5. The van der Waals surface area contributed by atoms with Crippen LogP contribution in [0.1, 0.15) is 42.1 Å². The monoisotopic (exact) mass is 484 g/mol. The lowest BCUT2D eigenvalue weighted by Crippen LogP contribution is -2.27. The normalized spacial score (nSPS) is 10.7. The summed E-state index contributed by atoms with van der Waals surface area (Å²) < 4.78 is 5.45. The summed E-state index contributed by atoms with van der Waals surface area (Å²) in [5.41, 5.74) is 4.24. The number of para-hydroxylation sites is 2. The molecule has 7 heteroatoms. The number of ether oxygens (including phenoxy) is 1. The van der Waals surface area contributed by atoms with Crippen LogP contribution in [0.15, 0.2) is 79.0 Å². The fourth-order valence-corrected chi connectivity index (χ4v) is 4.01. The van der Waals surface area contributed by atoms with Crippen molar-refractivity contribution in [3.63, 3.8) is 0 Å². The topological polar surface area (TPSA) is 95.2 Å². The second-order valence-corrected chi connectivity index (χ2v) is 8.59. The molecule has 0 saturated carbocycles. The van der Waals surface area contributed by atoms with Gasteiger partial charge in [-0.05, 0) is 60.9 Å². The minimum Gasteiger partial charge on any atom is -0.410 e. The summed E-state index contributed by atoms with van der Waals surface area (Å²) in [6, 6.07) is 22.7. The van der Waals surface area contributed by atoms with Crippen molar-refractivity contribution >= 4 is 34.3 Å². The molecule has 0 aliphatic heterocycles. The number of nitrogens with one attached hydrogen (secondary N) is 4. The van der Waals surface area contributed by atoms with Crippen LogP contribution in [0, 0.1) is 0 Å². The maximum absolute atomic E-state index is 12.9. The highest BCUT2D eigenvalue weighted by molar-refractivity contribution is 6.00. The second-order valence-electron chi connectivity index (χ2n) is 8.59. The first kappa shape index (κ1) is 24.9. The summed E-state index contributed by atoms with van der Waals surface area (Å²) in [4.78, 5) is 28.2. The van der Waals surface area contributed by atoms with E-state index in [1.807, 2.05) is 72.9 Å². The van der Waals surface area contributed by atoms with Crippen LogP contribution in [0.3, 0.4) is 0 Å². The summed E-state index contributed by atoms with van der Waals surface area (Å²) in [6.07, 6.45) is 5.22. The summed E-state index contributed by atoms with van der Waals surface area (Å²) in [7, 11) is 0. The van der Waals surface area contributed by atoms with Crippen molar-refractivity contribution in [1.29, 1.82) is 0 Å². The average molecular weight is 485 g/mol. The maximum atomic E-state index is 12.9. The Kier molecular flexibility index (Phi) is 8.59. The third kappa shape index (κ3) is 6.66. The summed E-state index contributed by atoms with van der Waals surface area (Å²) in [5, 5.41) is 10.1. The summed E-state index contributed by atoms with van der Waals surface area (Å²) in [6.45, 7) is 3.19. The SMILES string of the molecule is CCCCCNC(=O)Oc1ccc2[nH]cc(CCNC(=O)c3ccccc3Nc3ccccc3)c2c1. The molecular weight excluding hydrogens is 452 g/mol. The number of unbranched alkanes of at least 4 members (excludes halogenated alkanes) is 2. The molecule has 0 unspecified atom stereocenters. The number of hydrogen-bond donors (Lipinski definition) is 4. The Balaban J connectivity index is 1.35. The van der Waals surface area contributed by atoms with E-state index >= 15 is 0 Å². The molecule has 1 heterocycles. The van der Waals surface area contributed by atoms with E-state index in [1.54, 1.807) is 6.07 Å². The van der Waals surface area contributed by atoms with Gasteiger partial charge < -0.3 is 25.7 Å². The van der Waals surface area contributed by atoms with E-state index in [1.165, 1.54) is 0 Å². The van der Waals surface area contributed by atoms with Crippen LogP contribution in [-0.2, 0) is 6.42 Å². The van der Waals surface area contributed by atoms with Gasteiger partial charge in [0, 0.05) is 35.9 Å². The van der Waals surface area contributed by atoms with Crippen molar-refractivity contribution < 1.29 is 14.3 Å². The third-order valence-electron chi connectivity index (χ3n) is 5.90. The first-order valence-electron chi connectivity index (χ1n) is 12.4. The Hall–Kier alpha value is -4.26. The van der Waals surface area contributed by atoms with Gasteiger partial charge >= 0.3 is 6.09 Å². The number of rotatable bonds is 11. The molecule has 2 amide bonds. The minimum absolute atomic E-state index is 0.141. The minimum atomic E-state index is -0.447. The molecule has 186 valence electrons. The molecule has 0 bridgehead atoms. The van der Waals surface area contributed by atoms with Crippen molar-refractivity contribution in [2.24, 2.45) is 0 Å². The second kappa shape index (κ2) is 12.4. The number of carbonyl (C=O) groups is 2. The van der Waals surface area contributed by atoms with Gasteiger partial charge in [-0.2, -0.15) is 0 Å². The van der Waals surface area contributed by atoms with Crippen molar-refractivity contribution in [3.8, 4) is 5.75 Å². The lowest BCUT2D eigenvalue weighted by molar-refractivity contribution is 0.0955. The molecule has 0 spiro atoms. The van der Waals surface area contributed by atoms with Gasteiger partial charge in [-0.25, -0.2) is 4.79 Å². The van der Waals surface area contributed by atoms with Crippen LogP contribution in [0.2, 0.25) is 0 Å².